The van der Waals surface area contributed by atoms with Crippen molar-refractivity contribution >= 4 is 24.1 Å². The second-order valence-corrected chi connectivity index (χ2v) is 8.18. The summed E-state index contributed by atoms with van der Waals surface area (Å²) in [5, 5.41) is 4.37. The third kappa shape index (κ3) is 5.55. The van der Waals surface area contributed by atoms with E-state index in [1.54, 1.807) is 27.5 Å². The molecule has 0 unspecified atom stereocenters. The number of rotatable bonds is 8. The van der Waals surface area contributed by atoms with Gasteiger partial charge in [0.15, 0.2) is 11.5 Å². The average Bonchev–Trinajstić information content (AvgIpc) is 2.89. The zero-order chi connectivity index (χ0) is 23.0. The van der Waals surface area contributed by atoms with Gasteiger partial charge < -0.3 is 24.0 Å². The van der Waals surface area contributed by atoms with Gasteiger partial charge in [-0.05, 0) is 50.7 Å². The fourth-order valence-corrected chi connectivity index (χ4v) is 4.21. The molecule has 3 heterocycles. The van der Waals surface area contributed by atoms with Crippen LogP contribution in [0.5, 0.6) is 17.2 Å². The predicted molar refractivity (Wildman–Crippen MR) is 129 cm³/mol. The molecule has 0 spiro atoms. The van der Waals surface area contributed by atoms with Crippen LogP contribution < -0.4 is 29.4 Å². The number of hydrogen-bond donors (Lipinski definition) is 1. The summed E-state index contributed by atoms with van der Waals surface area (Å²) in [6.07, 6.45) is 8.82. The molecule has 2 aliphatic rings. The quantitative estimate of drug-likeness (QED) is 0.475. The second kappa shape index (κ2) is 11.0. The first-order valence-corrected chi connectivity index (χ1v) is 11.6. The second-order valence-electron chi connectivity index (χ2n) is 8.18. The van der Waals surface area contributed by atoms with E-state index in [9.17, 15) is 0 Å². The molecule has 0 radical (unpaired) electrons. The first-order chi connectivity index (χ1) is 16.2. The first kappa shape index (κ1) is 22.9. The van der Waals surface area contributed by atoms with Crippen molar-refractivity contribution in [3.05, 3.63) is 17.7 Å². The van der Waals surface area contributed by atoms with Crippen molar-refractivity contribution < 1.29 is 14.2 Å². The third-order valence-corrected chi connectivity index (χ3v) is 5.95. The largest absolute Gasteiger partial charge is 0.493 e. The minimum absolute atomic E-state index is 0.440. The molecule has 33 heavy (non-hydrogen) atoms. The fourth-order valence-electron chi connectivity index (χ4n) is 4.21. The van der Waals surface area contributed by atoms with Crippen molar-refractivity contribution in [1.82, 2.24) is 15.0 Å². The SMILES string of the molecule is COc1cc(/C=N\Nc2nc(N3CCCCC3)nc(N3CCCCC3)n2)cc(OC)c1OC. The van der Waals surface area contributed by atoms with Gasteiger partial charge in [0.1, 0.15) is 0 Å². The number of hydrogen-bond acceptors (Lipinski definition) is 10. The molecular formula is C23H33N7O3. The van der Waals surface area contributed by atoms with Crippen molar-refractivity contribution in [1.29, 1.82) is 0 Å². The lowest BCUT2D eigenvalue weighted by Gasteiger charge is -2.30. The molecule has 2 aromatic rings. The minimum atomic E-state index is 0.440. The number of aromatic nitrogens is 3. The van der Waals surface area contributed by atoms with Gasteiger partial charge >= 0.3 is 0 Å². The maximum absolute atomic E-state index is 5.42. The van der Waals surface area contributed by atoms with Crippen LogP contribution in [0.4, 0.5) is 17.8 Å². The van der Waals surface area contributed by atoms with E-state index in [1.165, 1.54) is 12.8 Å². The maximum atomic E-state index is 5.42. The Hall–Kier alpha value is -3.30. The van der Waals surface area contributed by atoms with Crippen LogP contribution in [-0.4, -0.2) is 68.7 Å². The van der Waals surface area contributed by atoms with Gasteiger partial charge in [-0.15, -0.1) is 0 Å². The molecule has 10 heteroatoms. The number of nitrogens with zero attached hydrogens (tertiary/aromatic N) is 6. The molecule has 4 rings (SSSR count). The normalized spacial score (nSPS) is 16.7. The van der Waals surface area contributed by atoms with Crippen molar-refractivity contribution in [3.63, 3.8) is 0 Å². The van der Waals surface area contributed by atoms with E-state index in [2.05, 4.69) is 30.3 Å². The number of nitrogens with one attached hydrogen (secondary N) is 1. The molecule has 1 aromatic heterocycles. The number of ether oxygens (including phenoxy) is 3. The highest BCUT2D eigenvalue weighted by Crippen LogP contribution is 2.37. The summed E-state index contributed by atoms with van der Waals surface area (Å²) in [5.41, 5.74) is 3.79. The predicted octanol–water partition coefficient (Wildman–Crippen LogP) is 3.32. The van der Waals surface area contributed by atoms with Crippen LogP contribution in [-0.2, 0) is 0 Å². The van der Waals surface area contributed by atoms with E-state index < -0.39 is 0 Å². The summed E-state index contributed by atoms with van der Waals surface area (Å²) in [6, 6.07) is 3.66. The summed E-state index contributed by atoms with van der Waals surface area (Å²) in [4.78, 5) is 18.6. The standard InChI is InChI=1S/C23H33N7O3/c1-31-18-14-17(15-19(32-2)20(18)33-3)16-24-28-21-25-22(29-10-6-4-7-11-29)27-23(26-21)30-12-8-5-9-13-30/h14-16H,4-13H2,1-3H3,(H,25,26,27,28)/b24-16-. The van der Waals surface area contributed by atoms with Crippen molar-refractivity contribution in [2.45, 2.75) is 38.5 Å². The molecule has 0 saturated carbocycles. The highest BCUT2D eigenvalue weighted by atomic mass is 16.5. The van der Waals surface area contributed by atoms with E-state index >= 15 is 0 Å². The Bertz CT molecular complexity index is 896. The molecule has 0 amide bonds. The molecule has 10 nitrogen and oxygen atoms in total. The number of anilines is 3. The molecule has 0 atom stereocenters. The van der Waals surface area contributed by atoms with Gasteiger partial charge in [-0.3, -0.25) is 0 Å². The van der Waals surface area contributed by atoms with E-state index in [1.807, 2.05) is 12.1 Å². The molecule has 2 aliphatic heterocycles. The Kier molecular flexibility index (Phi) is 7.64. The van der Waals surface area contributed by atoms with Crippen LogP contribution in [0.1, 0.15) is 44.1 Å². The van der Waals surface area contributed by atoms with Crippen LogP contribution in [0.2, 0.25) is 0 Å². The van der Waals surface area contributed by atoms with Crippen LogP contribution in [0.15, 0.2) is 17.2 Å². The van der Waals surface area contributed by atoms with Crippen LogP contribution in [0.3, 0.4) is 0 Å². The Morgan fingerprint density at radius 1 is 0.758 bits per heavy atom. The first-order valence-electron chi connectivity index (χ1n) is 11.6. The third-order valence-electron chi connectivity index (χ3n) is 5.95. The van der Waals surface area contributed by atoms with Crippen LogP contribution in [0.25, 0.3) is 0 Å². The smallest absolute Gasteiger partial charge is 0.250 e. The molecule has 1 aromatic carbocycles. The van der Waals surface area contributed by atoms with E-state index in [0.29, 0.717) is 23.2 Å². The zero-order valence-electron chi connectivity index (χ0n) is 19.7. The maximum Gasteiger partial charge on any atom is 0.250 e. The van der Waals surface area contributed by atoms with E-state index in [0.717, 1.165) is 69.3 Å². The van der Waals surface area contributed by atoms with Gasteiger partial charge in [-0.2, -0.15) is 20.1 Å². The van der Waals surface area contributed by atoms with E-state index in [-0.39, 0.29) is 0 Å². The Labute approximate surface area is 195 Å². The van der Waals surface area contributed by atoms with Gasteiger partial charge in [0.25, 0.3) is 0 Å². The average molecular weight is 456 g/mol. The van der Waals surface area contributed by atoms with Crippen molar-refractivity contribution in [2.75, 3.05) is 62.7 Å². The van der Waals surface area contributed by atoms with Gasteiger partial charge in [-0.25, -0.2) is 5.43 Å². The fraction of sp³-hybridized carbons (Fsp3) is 0.565. The van der Waals surface area contributed by atoms with Gasteiger partial charge in [0.05, 0.1) is 27.5 Å². The summed E-state index contributed by atoms with van der Waals surface area (Å²) < 4.78 is 16.2. The molecule has 178 valence electrons. The molecular weight excluding hydrogens is 422 g/mol. The van der Waals surface area contributed by atoms with E-state index in [4.69, 9.17) is 19.2 Å². The van der Waals surface area contributed by atoms with Crippen LogP contribution in [0, 0.1) is 0 Å². The van der Waals surface area contributed by atoms with Gasteiger partial charge in [-0.1, -0.05) is 0 Å². The molecule has 1 N–H and O–H groups in total. The number of piperidine rings is 2. The molecule has 2 saturated heterocycles. The highest BCUT2D eigenvalue weighted by molar-refractivity contribution is 5.82. The number of benzene rings is 1. The molecule has 0 bridgehead atoms. The topological polar surface area (TPSA) is 97.2 Å². The number of hydrazone groups is 1. The lowest BCUT2D eigenvalue weighted by Crippen LogP contribution is -2.34. The molecule has 0 aliphatic carbocycles. The zero-order valence-corrected chi connectivity index (χ0v) is 19.7. The summed E-state index contributed by atoms with van der Waals surface area (Å²) in [5.74, 6) is 3.55. The summed E-state index contributed by atoms with van der Waals surface area (Å²) in [6.45, 7) is 3.88. The summed E-state index contributed by atoms with van der Waals surface area (Å²) >= 11 is 0. The van der Waals surface area contributed by atoms with Crippen molar-refractivity contribution in [2.24, 2.45) is 5.10 Å². The monoisotopic (exact) mass is 455 g/mol. The van der Waals surface area contributed by atoms with Gasteiger partial charge in [0.2, 0.25) is 23.6 Å². The lowest BCUT2D eigenvalue weighted by atomic mass is 10.1. The lowest BCUT2D eigenvalue weighted by molar-refractivity contribution is 0.324. The molecule has 2 fully saturated rings. The minimum Gasteiger partial charge on any atom is -0.493 e. The summed E-state index contributed by atoms with van der Waals surface area (Å²) in [7, 11) is 4.76. The van der Waals surface area contributed by atoms with Crippen molar-refractivity contribution in [3.8, 4) is 17.2 Å². The van der Waals surface area contributed by atoms with Crippen LogP contribution >= 0.6 is 0 Å². The Morgan fingerprint density at radius 3 is 1.73 bits per heavy atom. The Balaban J connectivity index is 1.57. The number of methoxy groups -OCH3 is 3. The highest BCUT2D eigenvalue weighted by Gasteiger charge is 2.20. The Morgan fingerprint density at radius 2 is 1.27 bits per heavy atom. The van der Waals surface area contributed by atoms with Gasteiger partial charge in [0, 0.05) is 31.7 Å².